The maximum absolute atomic E-state index is 12.0. The zero-order valence-corrected chi connectivity index (χ0v) is 18.4. The first-order chi connectivity index (χ1) is 11.5. The number of aliphatic imine (C=N–C) groups is 1. The maximum Gasteiger partial charge on any atom is 0.243 e. The largest absolute Gasteiger partial charge is 0.353 e. The summed E-state index contributed by atoms with van der Waals surface area (Å²) in [6, 6.07) is 0.505. The Bertz CT molecular complexity index is 490. The van der Waals surface area contributed by atoms with Gasteiger partial charge in [0.25, 0.3) is 0 Å². The highest BCUT2D eigenvalue weighted by molar-refractivity contribution is 14.0. The number of likely N-dealkylation sites (tertiary alicyclic amines) is 1. The molecule has 2 unspecified atom stereocenters. The average Bonchev–Trinajstić information content (AvgIpc) is 2.98. The van der Waals surface area contributed by atoms with Crippen LogP contribution in [0.4, 0.5) is 0 Å². The van der Waals surface area contributed by atoms with E-state index in [0.29, 0.717) is 17.4 Å². The molecule has 0 radical (unpaired) electrons. The third kappa shape index (κ3) is 5.01. The topological polar surface area (TPSA) is 47.9 Å². The number of rotatable bonds is 3. The van der Waals surface area contributed by atoms with E-state index in [1.807, 2.05) is 0 Å². The zero-order chi connectivity index (χ0) is 17.2. The van der Waals surface area contributed by atoms with E-state index in [1.165, 1.54) is 51.4 Å². The fourth-order valence-corrected chi connectivity index (χ4v) is 4.42. The van der Waals surface area contributed by atoms with Crippen LogP contribution >= 0.6 is 24.0 Å². The van der Waals surface area contributed by atoms with Crippen LogP contribution in [0.2, 0.25) is 0 Å². The minimum Gasteiger partial charge on any atom is -0.353 e. The Labute approximate surface area is 170 Å². The summed E-state index contributed by atoms with van der Waals surface area (Å²) >= 11 is 0. The molecule has 3 fully saturated rings. The lowest BCUT2D eigenvalue weighted by atomic mass is 9.68. The first kappa shape index (κ1) is 20.8. The molecule has 1 aliphatic heterocycles. The lowest BCUT2D eigenvalue weighted by Gasteiger charge is -2.39. The first-order valence-electron chi connectivity index (χ1n) is 9.75. The summed E-state index contributed by atoms with van der Waals surface area (Å²) in [5, 5.41) is 3.73. The monoisotopic (exact) mass is 462 g/mol. The van der Waals surface area contributed by atoms with Gasteiger partial charge in [0.1, 0.15) is 6.54 Å². The van der Waals surface area contributed by atoms with Gasteiger partial charge in [-0.15, -0.1) is 24.0 Å². The molecule has 5 nitrogen and oxygen atoms in total. The number of halogens is 1. The summed E-state index contributed by atoms with van der Waals surface area (Å²) in [6.07, 6.45) is 10.6. The molecule has 1 heterocycles. The van der Waals surface area contributed by atoms with Crippen LogP contribution in [-0.4, -0.2) is 61.4 Å². The molecule has 0 aromatic carbocycles. The smallest absolute Gasteiger partial charge is 0.243 e. The third-order valence-corrected chi connectivity index (χ3v) is 6.44. The first-order valence-corrected chi connectivity index (χ1v) is 9.75. The van der Waals surface area contributed by atoms with Crippen LogP contribution in [0.15, 0.2) is 4.99 Å². The van der Waals surface area contributed by atoms with Gasteiger partial charge in [0.15, 0.2) is 5.96 Å². The van der Waals surface area contributed by atoms with Crippen molar-refractivity contribution in [3.8, 4) is 0 Å². The van der Waals surface area contributed by atoms with Crippen LogP contribution in [0, 0.1) is 11.3 Å². The number of carbonyl (C=O) groups is 1. The SMILES string of the molecule is CC1CCCCC1NC(=NCC(=O)N(C)C)N1CCC2(CCC2)C1.I. The van der Waals surface area contributed by atoms with Gasteiger partial charge in [-0.2, -0.15) is 0 Å². The van der Waals surface area contributed by atoms with E-state index in [9.17, 15) is 4.79 Å². The van der Waals surface area contributed by atoms with Crippen molar-refractivity contribution in [2.24, 2.45) is 16.3 Å². The Morgan fingerprint density at radius 1 is 1.20 bits per heavy atom. The summed E-state index contributed by atoms with van der Waals surface area (Å²) < 4.78 is 0. The standard InChI is InChI=1S/C19H34N4O.HI/c1-15-7-4-5-8-16(15)21-18(20-13-17(24)22(2)3)23-12-11-19(14-23)9-6-10-19;/h15-16H,4-14H2,1-3H3,(H,20,21);1H. The number of nitrogens with one attached hydrogen (secondary N) is 1. The molecule has 1 spiro atoms. The van der Waals surface area contributed by atoms with Crippen LogP contribution < -0.4 is 5.32 Å². The lowest BCUT2D eigenvalue weighted by Crippen LogP contribution is -2.49. The van der Waals surface area contributed by atoms with Gasteiger partial charge in [-0.1, -0.05) is 26.2 Å². The fraction of sp³-hybridized carbons (Fsp3) is 0.895. The van der Waals surface area contributed by atoms with E-state index in [-0.39, 0.29) is 36.4 Å². The van der Waals surface area contributed by atoms with Crippen molar-refractivity contribution in [3.63, 3.8) is 0 Å². The lowest BCUT2D eigenvalue weighted by molar-refractivity contribution is -0.127. The van der Waals surface area contributed by atoms with Crippen LogP contribution in [-0.2, 0) is 4.79 Å². The van der Waals surface area contributed by atoms with Crippen molar-refractivity contribution in [1.82, 2.24) is 15.1 Å². The number of hydrogen-bond acceptors (Lipinski definition) is 2. The van der Waals surface area contributed by atoms with E-state index in [1.54, 1.807) is 19.0 Å². The molecule has 0 aromatic rings. The molecule has 1 amide bonds. The van der Waals surface area contributed by atoms with Crippen molar-refractivity contribution in [3.05, 3.63) is 0 Å². The molecule has 1 N–H and O–H groups in total. The van der Waals surface area contributed by atoms with Crippen molar-refractivity contribution < 1.29 is 4.79 Å². The van der Waals surface area contributed by atoms with Crippen molar-refractivity contribution >= 4 is 35.8 Å². The molecule has 2 saturated carbocycles. The Morgan fingerprint density at radius 2 is 1.92 bits per heavy atom. The molecular formula is C19H35IN4O. The second-order valence-corrected chi connectivity index (χ2v) is 8.47. The third-order valence-electron chi connectivity index (χ3n) is 6.44. The molecule has 6 heteroatoms. The second-order valence-electron chi connectivity index (χ2n) is 8.47. The normalized spacial score (nSPS) is 28.3. The minimum absolute atomic E-state index is 0. The fourth-order valence-electron chi connectivity index (χ4n) is 4.42. The molecule has 0 aromatic heterocycles. The maximum atomic E-state index is 12.0. The van der Waals surface area contributed by atoms with E-state index < -0.39 is 0 Å². The van der Waals surface area contributed by atoms with E-state index in [0.717, 1.165) is 19.0 Å². The van der Waals surface area contributed by atoms with Crippen molar-refractivity contribution in [1.29, 1.82) is 0 Å². The highest BCUT2D eigenvalue weighted by Crippen LogP contribution is 2.47. The minimum atomic E-state index is 0. The molecule has 2 aliphatic carbocycles. The summed E-state index contributed by atoms with van der Waals surface area (Å²) in [4.78, 5) is 20.8. The number of likely N-dealkylation sites (N-methyl/N-ethyl adjacent to an activating group) is 1. The average molecular weight is 462 g/mol. The van der Waals surface area contributed by atoms with Gasteiger partial charge < -0.3 is 15.1 Å². The zero-order valence-electron chi connectivity index (χ0n) is 16.1. The molecule has 0 bridgehead atoms. The molecule has 3 aliphatic rings. The predicted molar refractivity (Wildman–Crippen MR) is 113 cm³/mol. The second kappa shape index (κ2) is 8.91. The number of carbonyl (C=O) groups excluding carboxylic acids is 1. The summed E-state index contributed by atoms with van der Waals surface area (Å²) in [5.74, 6) is 1.74. The Morgan fingerprint density at radius 3 is 2.48 bits per heavy atom. The molecule has 2 atom stereocenters. The van der Waals surface area contributed by atoms with Crippen molar-refractivity contribution in [2.45, 2.75) is 64.3 Å². The highest BCUT2D eigenvalue weighted by atomic mass is 127. The van der Waals surface area contributed by atoms with Crippen LogP contribution in [0.1, 0.15) is 58.3 Å². The molecule has 1 saturated heterocycles. The van der Waals surface area contributed by atoms with Crippen LogP contribution in [0.25, 0.3) is 0 Å². The summed E-state index contributed by atoms with van der Waals surface area (Å²) in [7, 11) is 3.60. The van der Waals surface area contributed by atoms with Crippen LogP contribution in [0.5, 0.6) is 0 Å². The van der Waals surface area contributed by atoms with Crippen LogP contribution in [0.3, 0.4) is 0 Å². The molecule has 3 rings (SSSR count). The van der Waals surface area contributed by atoms with Gasteiger partial charge in [-0.3, -0.25) is 4.79 Å². The molecular weight excluding hydrogens is 427 g/mol. The number of hydrogen-bond donors (Lipinski definition) is 1. The number of guanidine groups is 1. The Hall–Kier alpha value is -0.530. The summed E-state index contributed by atoms with van der Waals surface area (Å²) in [6.45, 7) is 4.80. The highest BCUT2D eigenvalue weighted by Gasteiger charge is 2.44. The van der Waals surface area contributed by atoms with Gasteiger partial charge in [0, 0.05) is 33.2 Å². The number of amides is 1. The van der Waals surface area contributed by atoms with E-state index >= 15 is 0 Å². The van der Waals surface area contributed by atoms with Gasteiger partial charge in [0.05, 0.1) is 0 Å². The Balaban J connectivity index is 0.00000225. The molecule has 25 heavy (non-hydrogen) atoms. The van der Waals surface area contributed by atoms with Gasteiger partial charge in [-0.05, 0) is 43.4 Å². The molecule has 144 valence electrons. The summed E-state index contributed by atoms with van der Waals surface area (Å²) in [5.41, 5.74) is 0.548. The predicted octanol–water partition coefficient (Wildman–Crippen LogP) is 3.09. The van der Waals surface area contributed by atoms with Gasteiger partial charge in [0.2, 0.25) is 5.91 Å². The van der Waals surface area contributed by atoms with Gasteiger partial charge in [-0.25, -0.2) is 4.99 Å². The Kier molecular flexibility index (Phi) is 7.40. The van der Waals surface area contributed by atoms with E-state index in [4.69, 9.17) is 4.99 Å². The van der Waals surface area contributed by atoms with Crippen molar-refractivity contribution in [2.75, 3.05) is 33.7 Å². The van der Waals surface area contributed by atoms with Gasteiger partial charge >= 0.3 is 0 Å². The van der Waals surface area contributed by atoms with E-state index in [2.05, 4.69) is 17.1 Å². The quantitative estimate of drug-likeness (QED) is 0.399. The number of nitrogens with zero attached hydrogens (tertiary/aromatic N) is 3.